The van der Waals surface area contributed by atoms with Crippen molar-refractivity contribution >= 4 is 17.5 Å². The molecule has 122 valence electrons. The summed E-state index contributed by atoms with van der Waals surface area (Å²) in [6, 6.07) is 14.4. The van der Waals surface area contributed by atoms with Gasteiger partial charge in [0.15, 0.2) is 6.10 Å². The minimum absolute atomic E-state index is 0.126. The zero-order valence-electron chi connectivity index (χ0n) is 13.4. The number of halogens is 1. The van der Waals surface area contributed by atoms with E-state index in [0.29, 0.717) is 10.8 Å². The average Bonchev–Trinajstić information content (AvgIpc) is 2.54. The molecule has 2 aromatic carbocycles. The molecule has 0 radical (unpaired) electrons. The van der Waals surface area contributed by atoms with Crippen molar-refractivity contribution in [1.29, 1.82) is 0 Å². The normalized spacial score (nSPS) is 13.0. The maximum absolute atomic E-state index is 12.2. The van der Waals surface area contributed by atoms with E-state index in [2.05, 4.69) is 5.32 Å². The summed E-state index contributed by atoms with van der Waals surface area (Å²) in [4.78, 5) is 12.2. The van der Waals surface area contributed by atoms with E-state index < -0.39 is 6.10 Å². The largest absolute Gasteiger partial charge is 0.497 e. The van der Waals surface area contributed by atoms with Gasteiger partial charge in [-0.25, -0.2) is 0 Å². The van der Waals surface area contributed by atoms with Crippen LogP contribution in [-0.4, -0.2) is 19.1 Å². The maximum Gasteiger partial charge on any atom is 0.261 e. The van der Waals surface area contributed by atoms with Crippen molar-refractivity contribution < 1.29 is 14.3 Å². The number of carbonyl (C=O) groups is 1. The molecule has 0 unspecified atom stereocenters. The smallest absolute Gasteiger partial charge is 0.261 e. The molecule has 0 aliphatic rings. The summed E-state index contributed by atoms with van der Waals surface area (Å²) >= 11 is 5.91. The van der Waals surface area contributed by atoms with Crippen LogP contribution < -0.4 is 14.8 Å². The summed E-state index contributed by atoms with van der Waals surface area (Å²) in [6.45, 7) is 3.63. The van der Waals surface area contributed by atoms with Crippen LogP contribution in [0.3, 0.4) is 0 Å². The molecule has 2 rings (SSSR count). The number of rotatable bonds is 6. The third kappa shape index (κ3) is 4.89. The number of hydrogen-bond acceptors (Lipinski definition) is 3. The molecule has 2 aromatic rings. The van der Waals surface area contributed by atoms with Crippen LogP contribution in [0.1, 0.15) is 25.5 Å². The van der Waals surface area contributed by atoms with Gasteiger partial charge in [-0.3, -0.25) is 4.79 Å². The second-order valence-corrected chi connectivity index (χ2v) is 5.66. The second-order valence-electron chi connectivity index (χ2n) is 5.22. The molecule has 0 heterocycles. The molecule has 23 heavy (non-hydrogen) atoms. The van der Waals surface area contributed by atoms with E-state index in [0.717, 1.165) is 11.3 Å². The topological polar surface area (TPSA) is 47.6 Å². The van der Waals surface area contributed by atoms with Crippen molar-refractivity contribution in [2.24, 2.45) is 0 Å². The Morgan fingerprint density at radius 1 is 1.09 bits per heavy atom. The molecular formula is C18H20ClNO3. The van der Waals surface area contributed by atoms with Gasteiger partial charge in [-0.2, -0.15) is 0 Å². The number of carbonyl (C=O) groups excluding carboxylic acids is 1. The Bertz CT molecular complexity index is 658. The highest BCUT2D eigenvalue weighted by Crippen LogP contribution is 2.20. The molecule has 0 saturated carbocycles. The second kappa shape index (κ2) is 7.88. The van der Waals surface area contributed by atoms with E-state index in [1.54, 1.807) is 38.3 Å². The molecule has 0 fully saturated rings. The summed E-state index contributed by atoms with van der Waals surface area (Å²) in [7, 11) is 1.62. The quantitative estimate of drug-likeness (QED) is 0.869. The first-order valence-electron chi connectivity index (χ1n) is 7.36. The van der Waals surface area contributed by atoms with Crippen molar-refractivity contribution in [3.05, 3.63) is 59.1 Å². The number of hydrogen-bond donors (Lipinski definition) is 1. The molecule has 1 N–H and O–H groups in total. The van der Waals surface area contributed by atoms with Crippen molar-refractivity contribution in [2.45, 2.75) is 26.0 Å². The third-order valence-corrected chi connectivity index (χ3v) is 3.69. The fraction of sp³-hybridized carbons (Fsp3) is 0.278. The minimum atomic E-state index is -0.617. The van der Waals surface area contributed by atoms with Crippen LogP contribution in [0.5, 0.6) is 11.5 Å². The highest BCUT2D eigenvalue weighted by Gasteiger charge is 2.17. The number of nitrogens with one attached hydrogen (secondary N) is 1. The van der Waals surface area contributed by atoms with Crippen LogP contribution in [-0.2, 0) is 4.79 Å². The Balaban J connectivity index is 1.94. The van der Waals surface area contributed by atoms with Crippen molar-refractivity contribution in [3.63, 3.8) is 0 Å². The maximum atomic E-state index is 12.2. The summed E-state index contributed by atoms with van der Waals surface area (Å²) < 4.78 is 10.7. The van der Waals surface area contributed by atoms with Crippen LogP contribution >= 0.6 is 11.6 Å². The number of benzene rings is 2. The van der Waals surface area contributed by atoms with Crippen LogP contribution in [0.4, 0.5) is 0 Å². The van der Waals surface area contributed by atoms with Crippen molar-refractivity contribution in [1.82, 2.24) is 5.32 Å². The van der Waals surface area contributed by atoms with E-state index in [1.807, 2.05) is 31.2 Å². The number of amides is 1. The SMILES string of the molecule is COc1ccc([C@@H](C)NC(=O)[C@H](C)Oc2cccc(Cl)c2)cc1. The van der Waals surface area contributed by atoms with Crippen LogP contribution in [0.15, 0.2) is 48.5 Å². The van der Waals surface area contributed by atoms with E-state index in [-0.39, 0.29) is 11.9 Å². The Kier molecular flexibility index (Phi) is 5.88. The van der Waals surface area contributed by atoms with E-state index in [4.69, 9.17) is 21.1 Å². The Labute approximate surface area is 141 Å². The van der Waals surface area contributed by atoms with Gasteiger partial charge < -0.3 is 14.8 Å². The van der Waals surface area contributed by atoms with Gasteiger partial charge in [0, 0.05) is 5.02 Å². The number of methoxy groups -OCH3 is 1. The zero-order valence-corrected chi connectivity index (χ0v) is 14.1. The fourth-order valence-electron chi connectivity index (χ4n) is 2.10. The Morgan fingerprint density at radius 3 is 2.39 bits per heavy atom. The van der Waals surface area contributed by atoms with Gasteiger partial charge in [0.25, 0.3) is 5.91 Å². The average molecular weight is 334 g/mol. The van der Waals surface area contributed by atoms with Crippen molar-refractivity contribution in [2.75, 3.05) is 7.11 Å². The lowest BCUT2D eigenvalue weighted by atomic mass is 10.1. The lowest BCUT2D eigenvalue weighted by Gasteiger charge is -2.19. The first-order chi connectivity index (χ1) is 11.0. The lowest BCUT2D eigenvalue weighted by molar-refractivity contribution is -0.127. The first kappa shape index (κ1) is 17.2. The summed E-state index contributed by atoms with van der Waals surface area (Å²) in [6.07, 6.45) is -0.617. The predicted octanol–water partition coefficient (Wildman–Crippen LogP) is 3.99. The molecule has 0 spiro atoms. The van der Waals surface area contributed by atoms with Gasteiger partial charge in [0.05, 0.1) is 13.2 Å². The molecule has 4 nitrogen and oxygen atoms in total. The Morgan fingerprint density at radius 2 is 1.78 bits per heavy atom. The highest BCUT2D eigenvalue weighted by molar-refractivity contribution is 6.30. The molecule has 1 amide bonds. The minimum Gasteiger partial charge on any atom is -0.497 e. The van der Waals surface area contributed by atoms with E-state index in [1.165, 1.54) is 0 Å². The summed E-state index contributed by atoms with van der Waals surface area (Å²) in [5, 5.41) is 3.50. The van der Waals surface area contributed by atoms with Crippen LogP contribution in [0, 0.1) is 0 Å². The molecule has 0 aromatic heterocycles. The van der Waals surface area contributed by atoms with Gasteiger partial charge in [0.2, 0.25) is 0 Å². The molecule has 2 atom stereocenters. The van der Waals surface area contributed by atoms with Crippen LogP contribution in [0.2, 0.25) is 5.02 Å². The summed E-state index contributed by atoms with van der Waals surface area (Å²) in [5.41, 5.74) is 0.995. The standard InChI is InChI=1S/C18H20ClNO3/c1-12(14-7-9-16(22-3)10-8-14)20-18(21)13(2)23-17-6-4-5-15(19)11-17/h4-13H,1-3H3,(H,20,21)/t12-,13+/m1/s1. The van der Waals surface area contributed by atoms with Gasteiger partial charge in [-0.1, -0.05) is 29.8 Å². The molecule has 0 aliphatic heterocycles. The summed E-state index contributed by atoms with van der Waals surface area (Å²) in [5.74, 6) is 1.16. The van der Waals surface area contributed by atoms with Gasteiger partial charge >= 0.3 is 0 Å². The van der Waals surface area contributed by atoms with Gasteiger partial charge in [0.1, 0.15) is 11.5 Å². The third-order valence-electron chi connectivity index (χ3n) is 3.45. The molecule has 0 bridgehead atoms. The Hall–Kier alpha value is -2.20. The van der Waals surface area contributed by atoms with E-state index in [9.17, 15) is 4.79 Å². The molecule has 0 aliphatic carbocycles. The van der Waals surface area contributed by atoms with Gasteiger partial charge in [-0.15, -0.1) is 0 Å². The van der Waals surface area contributed by atoms with Crippen molar-refractivity contribution in [3.8, 4) is 11.5 Å². The fourth-order valence-corrected chi connectivity index (χ4v) is 2.28. The lowest BCUT2D eigenvalue weighted by Crippen LogP contribution is -2.37. The van der Waals surface area contributed by atoms with E-state index >= 15 is 0 Å². The zero-order chi connectivity index (χ0) is 16.8. The van der Waals surface area contributed by atoms with Crippen LogP contribution in [0.25, 0.3) is 0 Å². The van der Waals surface area contributed by atoms with Gasteiger partial charge in [-0.05, 0) is 49.7 Å². The molecular weight excluding hydrogens is 314 g/mol. The predicted molar refractivity (Wildman–Crippen MR) is 91.1 cm³/mol. The first-order valence-corrected chi connectivity index (χ1v) is 7.74. The monoisotopic (exact) mass is 333 g/mol. The highest BCUT2D eigenvalue weighted by atomic mass is 35.5. The molecule has 0 saturated heterocycles. The number of ether oxygens (including phenoxy) is 2. The molecule has 5 heteroatoms.